The molecule has 0 fully saturated rings. The van der Waals surface area contributed by atoms with Crippen molar-refractivity contribution in [3.8, 4) is 0 Å². The molecule has 0 spiro atoms. The molecule has 0 bridgehead atoms. The fourth-order valence-corrected chi connectivity index (χ4v) is 4.76. The van der Waals surface area contributed by atoms with Gasteiger partial charge in [0.2, 0.25) is 0 Å². The molecule has 4 nitrogen and oxygen atoms in total. The van der Waals surface area contributed by atoms with Gasteiger partial charge in [0.15, 0.2) is 0 Å². The van der Waals surface area contributed by atoms with Crippen LogP contribution in [0.3, 0.4) is 0 Å². The van der Waals surface area contributed by atoms with Gasteiger partial charge in [-0.2, -0.15) is 0 Å². The van der Waals surface area contributed by atoms with Crippen molar-refractivity contribution < 1.29 is 38.4 Å². The molecular weight excluding hydrogens is 335 g/mol. The van der Waals surface area contributed by atoms with Crippen molar-refractivity contribution in [2.24, 2.45) is 0 Å². The second-order valence-electron chi connectivity index (χ2n) is 4.52. The molecule has 0 saturated carbocycles. The summed E-state index contributed by atoms with van der Waals surface area (Å²) in [7, 11) is -5.89. The van der Waals surface area contributed by atoms with E-state index >= 15 is 0 Å². The summed E-state index contributed by atoms with van der Waals surface area (Å²) in [5.41, 5.74) is 0. The monoisotopic (exact) mass is 362 g/mol. The van der Waals surface area contributed by atoms with Crippen molar-refractivity contribution in [1.82, 2.24) is 0 Å². The van der Waals surface area contributed by atoms with Crippen LogP contribution in [0.5, 0.6) is 0 Å². The third-order valence-electron chi connectivity index (χ3n) is 2.26. The quantitative estimate of drug-likeness (QED) is 0.490. The van der Waals surface area contributed by atoms with E-state index in [0.717, 1.165) is 25.7 Å². The van der Waals surface area contributed by atoms with E-state index in [-0.39, 0.29) is 19.5 Å². The van der Waals surface area contributed by atoms with Crippen molar-refractivity contribution in [2.45, 2.75) is 53.4 Å². The number of rotatable bonds is 8. The van der Waals surface area contributed by atoms with E-state index < -0.39 is 14.7 Å². The predicted octanol–water partition coefficient (Wildman–Crippen LogP) is 2.89. The molecule has 0 aliphatic rings. The molecule has 0 aromatic heterocycles. The third-order valence-corrected chi connectivity index (χ3v) is 6.77. The summed E-state index contributed by atoms with van der Waals surface area (Å²) >= 11 is 0. The van der Waals surface area contributed by atoms with E-state index in [1.807, 2.05) is 27.7 Å². The van der Waals surface area contributed by atoms with Gasteiger partial charge in [0.1, 0.15) is 0 Å². The van der Waals surface area contributed by atoms with Crippen LogP contribution in [0, 0.1) is 0 Å². The van der Waals surface area contributed by atoms with Gasteiger partial charge in [0, 0.05) is 14.7 Å². The predicted molar refractivity (Wildman–Crippen MR) is 75.8 cm³/mol. The molecule has 0 atom stereocenters. The zero-order valence-electron chi connectivity index (χ0n) is 12.9. The standard InChI is InChI=1S/2C6H15O2P.Zn/c2*1-3-5-9(7,8)6-4-2;/h2*3-6H2,1-2H3,(H,7,8);/q;;+2/p-2. The van der Waals surface area contributed by atoms with E-state index in [1.165, 1.54) is 0 Å². The maximum Gasteiger partial charge on any atom is 2.00 e. The minimum atomic E-state index is -2.94. The maximum atomic E-state index is 10.9. The largest absolute Gasteiger partial charge is 2.00 e. The second kappa shape index (κ2) is 14.0. The Morgan fingerprint density at radius 1 is 0.632 bits per heavy atom. The average Bonchev–Trinajstić information content (AvgIpc) is 2.17. The number of hydrogen-bond acceptors (Lipinski definition) is 4. The average molecular weight is 364 g/mol. The molecule has 0 aliphatic carbocycles. The van der Waals surface area contributed by atoms with Gasteiger partial charge < -0.3 is 18.9 Å². The topological polar surface area (TPSA) is 80.3 Å². The van der Waals surface area contributed by atoms with Crippen molar-refractivity contribution in [3.63, 3.8) is 0 Å². The maximum absolute atomic E-state index is 10.9. The zero-order chi connectivity index (χ0) is 14.7. The molecule has 0 rings (SSSR count). The molecule has 0 aromatic carbocycles. The molecule has 0 N–H and O–H groups in total. The fraction of sp³-hybridized carbons (Fsp3) is 1.00. The van der Waals surface area contributed by atoms with Gasteiger partial charge in [-0.25, -0.2) is 0 Å². The van der Waals surface area contributed by atoms with Gasteiger partial charge in [-0.15, -0.1) is 0 Å². The summed E-state index contributed by atoms with van der Waals surface area (Å²) in [5, 5.41) is 0. The first kappa shape index (κ1) is 25.0. The van der Waals surface area contributed by atoms with Crippen molar-refractivity contribution in [2.75, 3.05) is 24.6 Å². The Kier molecular flexibility index (Phi) is 18.4. The molecule has 0 aromatic rings. The molecule has 0 amide bonds. The SMILES string of the molecule is CCCP(=O)([O-])CCC.CCCP(=O)([O-])CCC.[Zn+2]. The van der Waals surface area contributed by atoms with E-state index in [1.54, 1.807) is 0 Å². The van der Waals surface area contributed by atoms with Crippen molar-refractivity contribution in [1.29, 1.82) is 0 Å². The first-order valence-corrected chi connectivity index (χ1v) is 10.8. The first-order chi connectivity index (χ1) is 8.24. The molecule has 19 heavy (non-hydrogen) atoms. The summed E-state index contributed by atoms with van der Waals surface area (Å²) in [6.45, 7) is 7.56. The third kappa shape index (κ3) is 19.0. The Labute approximate surface area is 131 Å². The number of hydrogen-bond donors (Lipinski definition) is 0. The summed E-state index contributed by atoms with van der Waals surface area (Å²) in [4.78, 5) is 21.7. The molecule has 0 radical (unpaired) electrons. The van der Waals surface area contributed by atoms with Crippen LogP contribution in [-0.4, -0.2) is 24.6 Å². The molecule has 7 heteroatoms. The van der Waals surface area contributed by atoms with Crippen LogP contribution in [0.4, 0.5) is 0 Å². The van der Waals surface area contributed by atoms with Crippen LogP contribution in [0.1, 0.15) is 53.4 Å². The van der Waals surface area contributed by atoms with Crippen LogP contribution in [0.15, 0.2) is 0 Å². The molecule has 0 aliphatic heterocycles. The van der Waals surface area contributed by atoms with Crippen LogP contribution in [0.25, 0.3) is 0 Å². The van der Waals surface area contributed by atoms with Gasteiger partial charge in [-0.1, -0.05) is 53.4 Å². The van der Waals surface area contributed by atoms with E-state index in [9.17, 15) is 18.9 Å². The second-order valence-corrected chi connectivity index (χ2v) is 9.57. The molecule has 0 saturated heterocycles. The Bertz CT molecular complexity index is 237. The van der Waals surface area contributed by atoms with E-state index in [2.05, 4.69) is 0 Å². The van der Waals surface area contributed by atoms with Gasteiger partial charge in [-0.3, -0.25) is 0 Å². The van der Waals surface area contributed by atoms with Gasteiger partial charge in [0.25, 0.3) is 0 Å². The molecule has 112 valence electrons. The van der Waals surface area contributed by atoms with Crippen LogP contribution in [-0.2, 0) is 28.6 Å². The van der Waals surface area contributed by atoms with Crippen LogP contribution in [0.2, 0.25) is 0 Å². The van der Waals surface area contributed by atoms with Gasteiger partial charge in [0.05, 0.1) is 0 Å². The minimum absolute atomic E-state index is 0. The summed E-state index contributed by atoms with van der Waals surface area (Å²) in [5.74, 6) is 0. The van der Waals surface area contributed by atoms with Crippen LogP contribution >= 0.6 is 14.7 Å². The Morgan fingerprint density at radius 3 is 0.895 bits per heavy atom. The van der Waals surface area contributed by atoms with Gasteiger partial charge in [-0.05, 0) is 24.6 Å². The Morgan fingerprint density at radius 2 is 0.789 bits per heavy atom. The first-order valence-electron chi connectivity index (χ1n) is 6.82. The van der Waals surface area contributed by atoms with Crippen molar-refractivity contribution in [3.05, 3.63) is 0 Å². The van der Waals surface area contributed by atoms with Crippen molar-refractivity contribution >= 4 is 14.7 Å². The van der Waals surface area contributed by atoms with E-state index in [4.69, 9.17) is 0 Å². The Hall–Kier alpha value is 1.00. The molecule has 0 heterocycles. The smallest absolute Gasteiger partial charge is 0.799 e. The van der Waals surface area contributed by atoms with E-state index in [0.29, 0.717) is 24.6 Å². The summed E-state index contributed by atoms with van der Waals surface area (Å²) < 4.78 is 21.7. The summed E-state index contributed by atoms with van der Waals surface area (Å²) in [6, 6.07) is 0. The molecule has 0 unspecified atom stereocenters. The minimum Gasteiger partial charge on any atom is -0.799 e. The zero-order valence-corrected chi connectivity index (χ0v) is 17.6. The fourth-order valence-electron chi connectivity index (χ4n) is 1.59. The Balaban J connectivity index is -0.000000256. The normalized spacial score (nSPS) is 11.3. The summed E-state index contributed by atoms with van der Waals surface area (Å²) in [6.07, 6.45) is 4.51. The van der Waals surface area contributed by atoms with Gasteiger partial charge >= 0.3 is 19.5 Å². The van der Waals surface area contributed by atoms with Crippen LogP contribution < -0.4 is 9.79 Å². The molecular formula is C12H28O4P2Zn.